The lowest BCUT2D eigenvalue weighted by atomic mass is 9.98. The molecule has 0 bridgehead atoms. The van der Waals surface area contributed by atoms with Crippen LogP contribution in [0.5, 0.6) is 0 Å². The van der Waals surface area contributed by atoms with Gasteiger partial charge in [0.25, 0.3) is 0 Å². The van der Waals surface area contributed by atoms with Gasteiger partial charge < -0.3 is 8.97 Å². The molecule has 0 aliphatic heterocycles. The van der Waals surface area contributed by atoms with Crippen molar-refractivity contribution in [1.82, 2.24) is 14.0 Å². The highest BCUT2D eigenvalue weighted by Crippen LogP contribution is 2.42. The second-order valence-electron chi connectivity index (χ2n) is 11.3. The van der Waals surface area contributed by atoms with Gasteiger partial charge in [-0.2, -0.15) is 0 Å². The smallest absolute Gasteiger partial charge is 0.0620 e. The molecule has 0 fully saturated rings. The summed E-state index contributed by atoms with van der Waals surface area (Å²) >= 11 is 0. The van der Waals surface area contributed by atoms with Crippen molar-refractivity contribution in [2.75, 3.05) is 0 Å². The molecule has 0 radical (unpaired) electrons. The zero-order valence-corrected chi connectivity index (χ0v) is 22.6. The van der Waals surface area contributed by atoms with Crippen molar-refractivity contribution in [2.45, 2.75) is 0 Å². The summed E-state index contributed by atoms with van der Waals surface area (Å²) in [5.41, 5.74) is 9.89. The first-order chi connectivity index (χ1) is 20.8. The molecule has 3 nitrogen and oxygen atoms in total. The fraction of sp³-hybridized carbons (Fsp3) is 0. The third-order valence-corrected chi connectivity index (χ3v) is 9.09. The lowest BCUT2D eigenvalue weighted by Gasteiger charge is -2.10. The van der Waals surface area contributed by atoms with Gasteiger partial charge in [-0.25, -0.2) is 0 Å². The van der Waals surface area contributed by atoms with Crippen LogP contribution in [0.1, 0.15) is 0 Å². The average Bonchev–Trinajstić information content (AvgIpc) is 3.69. The van der Waals surface area contributed by atoms with E-state index in [1.165, 1.54) is 76.4 Å². The minimum Gasteiger partial charge on any atom is -0.309 e. The zero-order chi connectivity index (χ0) is 27.4. The van der Waals surface area contributed by atoms with Crippen LogP contribution in [-0.2, 0) is 0 Å². The number of pyridine rings is 1. The summed E-state index contributed by atoms with van der Waals surface area (Å²) in [6.07, 6.45) is 3.79. The van der Waals surface area contributed by atoms with Gasteiger partial charge in [-0.05, 0) is 77.2 Å². The van der Waals surface area contributed by atoms with Crippen LogP contribution in [0.25, 0.3) is 87.5 Å². The predicted molar refractivity (Wildman–Crippen MR) is 176 cm³/mol. The van der Waals surface area contributed by atoms with E-state index in [9.17, 15) is 0 Å². The molecule has 10 rings (SSSR count). The van der Waals surface area contributed by atoms with E-state index in [-0.39, 0.29) is 0 Å². The Kier molecular flexibility index (Phi) is 4.18. The summed E-state index contributed by atoms with van der Waals surface area (Å²) in [5, 5.41) is 10.1. The van der Waals surface area contributed by atoms with Crippen molar-refractivity contribution < 1.29 is 0 Å². The van der Waals surface area contributed by atoms with Crippen molar-refractivity contribution >= 4 is 70.7 Å². The summed E-state index contributed by atoms with van der Waals surface area (Å²) in [5.74, 6) is 0. The molecule has 10 aromatic rings. The van der Waals surface area contributed by atoms with Crippen LogP contribution in [0.3, 0.4) is 0 Å². The molecular weight excluding hydrogens is 510 g/mol. The summed E-state index contributed by atoms with van der Waals surface area (Å²) in [7, 11) is 0. The Hall–Kier alpha value is -5.67. The Balaban J connectivity index is 1.26. The maximum absolute atomic E-state index is 4.30. The molecule has 0 saturated carbocycles. The predicted octanol–water partition coefficient (Wildman–Crippen LogP) is 10.1. The summed E-state index contributed by atoms with van der Waals surface area (Å²) in [6.45, 7) is 0. The Morgan fingerprint density at radius 2 is 1.05 bits per heavy atom. The molecule has 194 valence electrons. The zero-order valence-electron chi connectivity index (χ0n) is 22.6. The van der Waals surface area contributed by atoms with Crippen LogP contribution in [0.2, 0.25) is 0 Å². The van der Waals surface area contributed by atoms with Crippen molar-refractivity contribution in [3.63, 3.8) is 0 Å². The first-order valence-corrected chi connectivity index (χ1v) is 14.4. The second-order valence-corrected chi connectivity index (χ2v) is 11.3. The number of hydrogen-bond donors (Lipinski definition) is 0. The largest absolute Gasteiger partial charge is 0.309 e. The fourth-order valence-corrected chi connectivity index (χ4v) is 7.26. The molecular formula is C39H23N3. The first kappa shape index (κ1) is 22.1. The molecule has 0 spiro atoms. The highest BCUT2D eigenvalue weighted by Gasteiger charge is 2.19. The molecule has 0 amide bonds. The second kappa shape index (κ2) is 7.96. The summed E-state index contributed by atoms with van der Waals surface area (Å²) in [6, 6.07) is 46.8. The SMILES string of the molecule is c1ccc2c(c1)c1cc(-c3cc4c5ccccc5n5c6ccccc6c(c3)c45)ccc1n2-c1ccc2cnccc2c1. The third-order valence-electron chi connectivity index (χ3n) is 9.09. The number of hydrogen-bond acceptors (Lipinski definition) is 1. The van der Waals surface area contributed by atoms with Gasteiger partial charge in [0.1, 0.15) is 0 Å². The third kappa shape index (κ3) is 2.82. The summed E-state index contributed by atoms with van der Waals surface area (Å²) < 4.78 is 4.83. The normalized spacial score (nSPS) is 12.3. The van der Waals surface area contributed by atoms with Crippen molar-refractivity contribution in [1.29, 1.82) is 0 Å². The maximum atomic E-state index is 4.30. The Labute approximate surface area is 240 Å². The highest BCUT2D eigenvalue weighted by molar-refractivity contribution is 6.24. The Morgan fingerprint density at radius 3 is 1.79 bits per heavy atom. The van der Waals surface area contributed by atoms with E-state index in [1.54, 1.807) is 0 Å². The van der Waals surface area contributed by atoms with Gasteiger partial charge in [0.2, 0.25) is 0 Å². The topological polar surface area (TPSA) is 22.2 Å². The number of benzene rings is 6. The van der Waals surface area contributed by atoms with E-state index in [0.29, 0.717) is 0 Å². The first-order valence-electron chi connectivity index (χ1n) is 14.4. The van der Waals surface area contributed by atoms with E-state index in [1.807, 2.05) is 12.4 Å². The molecule has 0 atom stereocenters. The van der Waals surface area contributed by atoms with E-state index in [4.69, 9.17) is 0 Å². The minimum absolute atomic E-state index is 1.15. The van der Waals surface area contributed by atoms with Gasteiger partial charge in [-0.15, -0.1) is 0 Å². The number of fused-ring (bicyclic) bond motifs is 10. The van der Waals surface area contributed by atoms with Crippen LogP contribution >= 0.6 is 0 Å². The van der Waals surface area contributed by atoms with Crippen molar-refractivity contribution in [3.05, 3.63) is 140 Å². The van der Waals surface area contributed by atoms with Crippen LogP contribution in [0.4, 0.5) is 0 Å². The van der Waals surface area contributed by atoms with E-state index in [0.717, 1.165) is 11.1 Å². The number of nitrogens with zero attached hydrogens (tertiary/aromatic N) is 3. The van der Waals surface area contributed by atoms with Gasteiger partial charge in [0.15, 0.2) is 0 Å². The number of aromatic nitrogens is 3. The summed E-state index contributed by atoms with van der Waals surface area (Å²) in [4.78, 5) is 4.30. The van der Waals surface area contributed by atoms with E-state index in [2.05, 4.69) is 141 Å². The van der Waals surface area contributed by atoms with Crippen LogP contribution in [-0.4, -0.2) is 14.0 Å². The molecule has 0 aliphatic rings. The number of para-hydroxylation sites is 3. The maximum Gasteiger partial charge on any atom is 0.0620 e. The van der Waals surface area contributed by atoms with Gasteiger partial charge in [-0.1, -0.05) is 66.7 Å². The number of rotatable bonds is 2. The van der Waals surface area contributed by atoms with Gasteiger partial charge in [-0.3, -0.25) is 4.98 Å². The average molecular weight is 534 g/mol. The Bertz CT molecular complexity index is 2610. The molecule has 4 heterocycles. The lowest BCUT2D eigenvalue weighted by molar-refractivity contribution is 1.18. The highest BCUT2D eigenvalue weighted by atomic mass is 15.0. The quantitative estimate of drug-likeness (QED) is 0.217. The minimum atomic E-state index is 1.15. The molecule has 3 heteroatoms. The van der Waals surface area contributed by atoms with Gasteiger partial charge >= 0.3 is 0 Å². The monoisotopic (exact) mass is 533 g/mol. The lowest BCUT2D eigenvalue weighted by Crippen LogP contribution is -1.93. The molecule has 0 unspecified atom stereocenters. The molecule has 42 heavy (non-hydrogen) atoms. The van der Waals surface area contributed by atoms with Gasteiger partial charge in [0.05, 0.1) is 27.6 Å². The Morgan fingerprint density at radius 1 is 0.429 bits per heavy atom. The van der Waals surface area contributed by atoms with Gasteiger partial charge in [0, 0.05) is 55.8 Å². The molecule has 0 aliphatic carbocycles. The van der Waals surface area contributed by atoms with Crippen LogP contribution < -0.4 is 0 Å². The molecule has 0 N–H and O–H groups in total. The van der Waals surface area contributed by atoms with Crippen LogP contribution in [0, 0.1) is 0 Å². The standard InChI is InChI=1S/C39H23N3/c1-4-10-35-29(7-1)32-20-24(14-16-38(32)41(35)28-15-13-26-23-40-18-17-25(26)19-28)27-21-33-30-8-2-5-11-36(30)42-37-12-6-3-9-31(37)34(22-27)39(33)42/h1-23H. The van der Waals surface area contributed by atoms with E-state index >= 15 is 0 Å². The fourth-order valence-electron chi connectivity index (χ4n) is 7.26. The molecule has 0 saturated heterocycles. The van der Waals surface area contributed by atoms with Crippen LogP contribution in [0.15, 0.2) is 140 Å². The van der Waals surface area contributed by atoms with Crippen molar-refractivity contribution in [2.24, 2.45) is 0 Å². The molecule has 6 aromatic carbocycles. The molecule has 4 aromatic heterocycles. The van der Waals surface area contributed by atoms with Crippen molar-refractivity contribution in [3.8, 4) is 16.8 Å². The van der Waals surface area contributed by atoms with E-state index < -0.39 is 0 Å².